The summed E-state index contributed by atoms with van der Waals surface area (Å²) in [5.41, 5.74) is 0. The van der Waals surface area contributed by atoms with Crippen molar-refractivity contribution in [3.63, 3.8) is 0 Å². The number of amides is 2. The van der Waals surface area contributed by atoms with E-state index in [4.69, 9.17) is 10.2 Å². The van der Waals surface area contributed by atoms with E-state index in [9.17, 15) is 14.4 Å². The van der Waals surface area contributed by atoms with Crippen LogP contribution in [-0.2, 0) is 14.3 Å². The molecule has 3 N–H and O–H groups in total. The molecule has 0 saturated carbocycles. The fraction of sp³-hybridized carbons (Fsp3) is 0.769. The first kappa shape index (κ1) is 17.2. The van der Waals surface area contributed by atoms with Crippen molar-refractivity contribution in [3.05, 3.63) is 0 Å². The van der Waals surface area contributed by atoms with Crippen LogP contribution >= 0.6 is 0 Å². The van der Waals surface area contributed by atoms with Gasteiger partial charge in [-0.15, -0.1) is 0 Å². The molecule has 0 aromatic heterocycles. The molecule has 2 amide bonds. The highest BCUT2D eigenvalue weighted by molar-refractivity contribution is 5.83. The number of nitrogens with one attached hydrogen (secondary N) is 1. The normalized spacial score (nSPS) is 19.1. The molecule has 1 saturated heterocycles. The Hall–Kier alpha value is -1.83. The van der Waals surface area contributed by atoms with Crippen molar-refractivity contribution in [2.24, 2.45) is 5.92 Å². The van der Waals surface area contributed by atoms with E-state index < -0.39 is 24.0 Å². The number of esters is 1. The highest BCUT2D eigenvalue weighted by atomic mass is 16.5. The molecule has 1 heterocycles. The van der Waals surface area contributed by atoms with Crippen LogP contribution in [0.25, 0.3) is 0 Å². The number of methoxy groups -OCH3 is 1. The van der Waals surface area contributed by atoms with Gasteiger partial charge >= 0.3 is 18.0 Å². The SMILES string of the molecule is COC(=O)CC[C@H](NC(=O)N1CCC(CCO)C1)C(=O)O. The maximum atomic E-state index is 12.0. The van der Waals surface area contributed by atoms with E-state index in [1.54, 1.807) is 0 Å². The third kappa shape index (κ3) is 5.58. The van der Waals surface area contributed by atoms with Gasteiger partial charge < -0.3 is 25.2 Å². The van der Waals surface area contributed by atoms with E-state index in [1.807, 2.05) is 0 Å². The van der Waals surface area contributed by atoms with Gasteiger partial charge in [0, 0.05) is 26.1 Å². The lowest BCUT2D eigenvalue weighted by Crippen LogP contribution is -2.47. The molecule has 0 aromatic carbocycles. The Kier molecular flexibility index (Phi) is 6.93. The number of ether oxygens (including phenoxy) is 1. The lowest BCUT2D eigenvalue weighted by molar-refractivity contribution is -0.142. The number of nitrogens with zero attached hydrogens (tertiary/aromatic N) is 1. The monoisotopic (exact) mass is 302 g/mol. The molecule has 1 fully saturated rings. The summed E-state index contributed by atoms with van der Waals surface area (Å²) in [7, 11) is 1.22. The number of aliphatic carboxylic acids is 1. The van der Waals surface area contributed by atoms with E-state index >= 15 is 0 Å². The molecule has 1 unspecified atom stereocenters. The molecular formula is C13H22N2O6. The number of aliphatic hydroxyl groups is 1. The second-order valence-corrected chi connectivity index (χ2v) is 5.07. The molecule has 0 aromatic rings. The van der Waals surface area contributed by atoms with Gasteiger partial charge in [0.05, 0.1) is 7.11 Å². The maximum Gasteiger partial charge on any atom is 0.326 e. The molecule has 120 valence electrons. The number of aliphatic hydroxyl groups excluding tert-OH is 1. The average Bonchev–Trinajstić information content (AvgIpc) is 2.91. The van der Waals surface area contributed by atoms with Crippen LogP contribution in [0, 0.1) is 5.92 Å². The number of hydrogen-bond acceptors (Lipinski definition) is 5. The molecule has 8 nitrogen and oxygen atoms in total. The highest BCUT2D eigenvalue weighted by Crippen LogP contribution is 2.19. The van der Waals surface area contributed by atoms with Crippen molar-refractivity contribution in [1.82, 2.24) is 10.2 Å². The van der Waals surface area contributed by atoms with E-state index in [2.05, 4.69) is 10.1 Å². The number of carbonyl (C=O) groups is 3. The van der Waals surface area contributed by atoms with E-state index in [1.165, 1.54) is 12.0 Å². The average molecular weight is 302 g/mol. The summed E-state index contributed by atoms with van der Waals surface area (Å²) in [6.45, 7) is 1.13. The largest absolute Gasteiger partial charge is 0.480 e. The molecular weight excluding hydrogens is 280 g/mol. The minimum atomic E-state index is -1.18. The molecule has 1 rings (SSSR count). The Bertz CT molecular complexity index is 387. The van der Waals surface area contributed by atoms with Crippen LogP contribution in [0.2, 0.25) is 0 Å². The van der Waals surface area contributed by atoms with Gasteiger partial charge in [0.2, 0.25) is 0 Å². The maximum absolute atomic E-state index is 12.0. The first-order chi connectivity index (χ1) is 9.97. The van der Waals surface area contributed by atoms with Crippen molar-refractivity contribution in [3.8, 4) is 0 Å². The van der Waals surface area contributed by atoms with Crippen LogP contribution < -0.4 is 5.32 Å². The summed E-state index contributed by atoms with van der Waals surface area (Å²) < 4.78 is 4.45. The lowest BCUT2D eigenvalue weighted by atomic mass is 10.1. The van der Waals surface area contributed by atoms with Gasteiger partial charge in [-0.2, -0.15) is 0 Å². The van der Waals surface area contributed by atoms with Crippen LogP contribution in [0.4, 0.5) is 4.79 Å². The van der Waals surface area contributed by atoms with Gasteiger partial charge in [0.25, 0.3) is 0 Å². The Labute approximate surface area is 123 Å². The van der Waals surface area contributed by atoms with Crippen molar-refractivity contribution in [2.45, 2.75) is 31.7 Å². The number of rotatable bonds is 7. The number of carbonyl (C=O) groups excluding carboxylic acids is 2. The number of likely N-dealkylation sites (tertiary alicyclic amines) is 1. The van der Waals surface area contributed by atoms with Crippen molar-refractivity contribution in [2.75, 3.05) is 26.8 Å². The topological polar surface area (TPSA) is 116 Å². The third-order valence-corrected chi connectivity index (χ3v) is 3.57. The molecule has 1 aliphatic heterocycles. The predicted molar refractivity (Wildman–Crippen MR) is 72.6 cm³/mol. The van der Waals surface area contributed by atoms with Crippen molar-refractivity contribution >= 4 is 18.0 Å². The van der Waals surface area contributed by atoms with Gasteiger partial charge in [-0.05, 0) is 25.2 Å². The minimum Gasteiger partial charge on any atom is -0.480 e. The summed E-state index contributed by atoms with van der Waals surface area (Å²) in [6, 6.07) is -1.57. The van der Waals surface area contributed by atoms with Gasteiger partial charge in [-0.25, -0.2) is 9.59 Å². The molecule has 21 heavy (non-hydrogen) atoms. The zero-order valence-corrected chi connectivity index (χ0v) is 12.1. The molecule has 0 aliphatic carbocycles. The quantitative estimate of drug-likeness (QED) is 0.561. The summed E-state index contributed by atoms with van der Waals surface area (Å²) in [4.78, 5) is 35.7. The summed E-state index contributed by atoms with van der Waals surface area (Å²) >= 11 is 0. The van der Waals surface area contributed by atoms with Crippen LogP contribution in [0.15, 0.2) is 0 Å². The second kappa shape index (κ2) is 8.46. The Balaban J connectivity index is 2.45. The Morgan fingerprint density at radius 3 is 2.71 bits per heavy atom. The standard InChI is InChI=1S/C13H22N2O6/c1-21-11(17)3-2-10(12(18)19)14-13(20)15-6-4-9(8-15)5-7-16/h9-10,16H,2-8H2,1H3,(H,14,20)(H,18,19)/t9?,10-/m0/s1. The molecule has 0 radical (unpaired) electrons. The second-order valence-electron chi connectivity index (χ2n) is 5.07. The lowest BCUT2D eigenvalue weighted by Gasteiger charge is -2.21. The Morgan fingerprint density at radius 1 is 1.43 bits per heavy atom. The van der Waals surface area contributed by atoms with E-state index in [0.29, 0.717) is 19.5 Å². The summed E-state index contributed by atoms with van der Waals surface area (Å²) in [5.74, 6) is -1.45. The van der Waals surface area contributed by atoms with Crippen molar-refractivity contribution in [1.29, 1.82) is 0 Å². The highest BCUT2D eigenvalue weighted by Gasteiger charge is 2.29. The number of carboxylic acids is 1. The van der Waals surface area contributed by atoms with Gasteiger partial charge in [-0.1, -0.05) is 0 Å². The predicted octanol–water partition coefficient (Wildman–Crippen LogP) is -0.193. The summed E-state index contributed by atoms with van der Waals surface area (Å²) in [5, 5.41) is 20.4. The van der Waals surface area contributed by atoms with Crippen molar-refractivity contribution < 1.29 is 29.3 Å². The van der Waals surface area contributed by atoms with Crippen LogP contribution in [0.5, 0.6) is 0 Å². The van der Waals surface area contributed by atoms with Gasteiger partial charge in [0.15, 0.2) is 0 Å². The Morgan fingerprint density at radius 2 is 2.14 bits per heavy atom. The number of hydrogen-bond donors (Lipinski definition) is 3. The molecule has 8 heteroatoms. The van der Waals surface area contributed by atoms with Gasteiger partial charge in [-0.3, -0.25) is 4.79 Å². The van der Waals surface area contributed by atoms with Crippen LogP contribution in [-0.4, -0.2) is 65.9 Å². The first-order valence-corrected chi connectivity index (χ1v) is 6.93. The smallest absolute Gasteiger partial charge is 0.326 e. The first-order valence-electron chi connectivity index (χ1n) is 6.93. The van der Waals surface area contributed by atoms with E-state index in [-0.39, 0.29) is 25.4 Å². The van der Waals surface area contributed by atoms with Gasteiger partial charge in [0.1, 0.15) is 6.04 Å². The third-order valence-electron chi connectivity index (χ3n) is 3.57. The molecule has 1 aliphatic rings. The fourth-order valence-corrected chi connectivity index (χ4v) is 2.30. The summed E-state index contributed by atoms with van der Waals surface area (Å²) in [6.07, 6.45) is 1.35. The molecule has 2 atom stereocenters. The van der Waals surface area contributed by atoms with Crippen LogP contribution in [0.1, 0.15) is 25.7 Å². The molecule has 0 spiro atoms. The van der Waals surface area contributed by atoms with E-state index in [0.717, 1.165) is 6.42 Å². The zero-order chi connectivity index (χ0) is 15.8. The number of urea groups is 1. The number of carboxylic acid groups (broad SMARTS) is 1. The zero-order valence-electron chi connectivity index (χ0n) is 12.1. The fourth-order valence-electron chi connectivity index (χ4n) is 2.30. The molecule has 0 bridgehead atoms. The minimum absolute atomic E-state index is 0.0122. The van der Waals surface area contributed by atoms with Crippen LogP contribution in [0.3, 0.4) is 0 Å².